The zero-order valence-electron chi connectivity index (χ0n) is 19.6. The fourth-order valence-corrected chi connectivity index (χ4v) is 5.67. The van der Waals surface area contributed by atoms with Gasteiger partial charge < -0.3 is 25.8 Å². The molecule has 0 spiro atoms. The summed E-state index contributed by atoms with van der Waals surface area (Å²) in [5.74, 6) is -2.22. The third-order valence-corrected chi connectivity index (χ3v) is 7.40. The summed E-state index contributed by atoms with van der Waals surface area (Å²) in [5.41, 5.74) is 6.28. The van der Waals surface area contributed by atoms with E-state index < -0.39 is 29.2 Å². The zero-order chi connectivity index (χ0) is 26.8. The highest BCUT2D eigenvalue weighted by atomic mass is 32.2. The Balaban J connectivity index is 1.35. The van der Waals surface area contributed by atoms with Crippen LogP contribution in [0.1, 0.15) is 12.7 Å². The number of tetrazole rings is 1. The molecule has 0 radical (unpaired) electrons. The van der Waals surface area contributed by atoms with E-state index in [1.807, 2.05) is 0 Å². The molecule has 0 bridgehead atoms. The van der Waals surface area contributed by atoms with E-state index in [1.165, 1.54) is 11.8 Å². The molecule has 16 nitrogen and oxygen atoms in total. The lowest BCUT2D eigenvalue weighted by molar-refractivity contribution is -0.688. The molecule has 2 aliphatic heterocycles. The normalized spacial score (nSPS) is 19.1. The summed E-state index contributed by atoms with van der Waals surface area (Å²) in [6, 6.07) is 2.54. The van der Waals surface area contributed by atoms with Gasteiger partial charge in [0.05, 0.1) is 17.2 Å². The average molecular weight is 558 g/mol. The molecule has 0 aliphatic carbocycles. The quantitative estimate of drug-likeness (QED) is 0.107. The summed E-state index contributed by atoms with van der Waals surface area (Å²) < 4.78 is 5.72. The molecule has 2 atom stereocenters. The Morgan fingerprint density at radius 1 is 1.45 bits per heavy atom. The van der Waals surface area contributed by atoms with E-state index in [1.54, 1.807) is 36.0 Å². The first kappa shape index (κ1) is 25.2. The van der Waals surface area contributed by atoms with Crippen LogP contribution in [-0.4, -0.2) is 82.2 Å². The molecule has 0 saturated carbocycles. The zero-order valence-corrected chi connectivity index (χ0v) is 21.2. The van der Waals surface area contributed by atoms with Gasteiger partial charge in [-0.15, -0.1) is 22.0 Å². The van der Waals surface area contributed by atoms with Crippen LogP contribution in [0.25, 0.3) is 11.4 Å². The van der Waals surface area contributed by atoms with Crippen LogP contribution in [0.2, 0.25) is 0 Å². The minimum absolute atomic E-state index is 0.0453. The third-order valence-electron chi connectivity index (χ3n) is 5.52. The molecule has 3 aromatic rings. The van der Waals surface area contributed by atoms with Crippen LogP contribution >= 0.6 is 23.3 Å². The number of hydrogen-bond acceptors (Lipinski definition) is 14. The molecule has 1 fully saturated rings. The summed E-state index contributed by atoms with van der Waals surface area (Å²) in [6.45, 7) is 2.04. The maximum atomic E-state index is 13.0. The van der Waals surface area contributed by atoms with Crippen molar-refractivity contribution in [1.29, 1.82) is 0 Å². The molecule has 196 valence electrons. The van der Waals surface area contributed by atoms with Crippen molar-refractivity contribution in [1.82, 2.24) is 40.2 Å². The number of H-pyrrole nitrogens is 1. The van der Waals surface area contributed by atoms with E-state index >= 15 is 0 Å². The lowest BCUT2D eigenvalue weighted by atomic mass is 10.0. The maximum absolute atomic E-state index is 13.0. The molecular formula is C20H19N11O5S2. The van der Waals surface area contributed by atoms with E-state index in [9.17, 15) is 19.5 Å². The molecule has 2 amide bonds. The molecule has 38 heavy (non-hydrogen) atoms. The third kappa shape index (κ3) is 4.77. The Morgan fingerprint density at radius 3 is 2.97 bits per heavy atom. The van der Waals surface area contributed by atoms with Crippen molar-refractivity contribution in [2.75, 3.05) is 18.1 Å². The predicted octanol–water partition coefficient (Wildman–Crippen LogP) is -2.57. The summed E-state index contributed by atoms with van der Waals surface area (Å²) in [5, 5.41) is 31.8. The van der Waals surface area contributed by atoms with Crippen molar-refractivity contribution in [2.45, 2.75) is 24.9 Å². The second-order valence-corrected chi connectivity index (χ2v) is 9.80. The van der Waals surface area contributed by atoms with Gasteiger partial charge in [0, 0.05) is 28.9 Å². The molecule has 1 unspecified atom stereocenters. The number of aliphatic carboxylic acids is 1. The van der Waals surface area contributed by atoms with E-state index in [2.05, 4.69) is 40.5 Å². The fraction of sp³-hybridized carbons (Fsp3) is 0.300. The van der Waals surface area contributed by atoms with E-state index in [0.29, 0.717) is 17.0 Å². The lowest BCUT2D eigenvalue weighted by Crippen LogP contribution is -2.71. The highest BCUT2D eigenvalue weighted by Crippen LogP contribution is 2.40. The van der Waals surface area contributed by atoms with Gasteiger partial charge in [0.15, 0.2) is 24.1 Å². The van der Waals surface area contributed by atoms with Gasteiger partial charge in [0.2, 0.25) is 17.4 Å². The molecule has 1 saturated heterocycles. The number of hydrogen-bond donors (Lipinski definition) is 3. The van der Waals surface area contributed by atoms with Crippen molar-refractivity contribution in [3.8, 4) is 11.4 Å². The smallest absolute Gasteiger partial charge is 0.278 e. The van der Waals surface area contributed by atoms with Crippen LogP contribution in [0.15, 0.2) is 41.0 Å². The van der Waals surface area contributed by atoms with Crippen LogP contribution in [0, 0.1) is 0 Å². The molecule has 18 heteroatoms. The van der Waals surface area contributed by atoms with Gasteiger partial charge >= 0.3 is 0 Å². The summed E-state index contributed by atoms with van der Waals surface area (Å²) in [6.07, 6.45) is 3.49. The van der Waals surface area contributed by atoms with Gasteiger partial charge in [-0.1, -0.05) is 5.16 Å². The first-order valence-corrected chi connectivity index (χ1v) is 12.9. The summed E-state index contributed by atoms with van der Waals surface area (Å²) in [7, 11) is 0. The number of anilines is 1. The standard InChI is InChI=1S/C20H19N11O5S2/c1-2-36-26-11(15-23-20(21)38-27-15)16(32)22-12-17(33)31-13(19(34)35)10(8-37-18(12)31)7-30-5-3-4-9(6-30)14-24-28-29-25-14/h3-6,12,18H,2,7-8H2,1H3,(H4-,21,22,23,24,25,27,28,29,32,34,35)/t12?,18-/m1/s1. The number of nitrogen functional groups attached to an aromatic ring is 1. The molecule has 0 aromatic carbocycles. The molecule has 4 N–H and O–H groups in total. The number of amides is 2. The Bertz CT molecular complexity index is 1450. The number of nitrogens with zero attached hydrogens (tertiary/aromatic N) is 8. The summed E-state index contributed by atoms with van der Waals surface area (Å²) in [4.78, 5) is 48.2. The minimum Gasteiger partial charge on any atom is -0.543 e. The number of carbonyl (C=O) groups excluding carboxylic acids is 3. The van der Waals surface area contributed by atoms with Crippen molar-refractivity contribution in [3.63, 3.8) is 0 Å². The number of nitrogens with one attached hydrogen (secondary N) is 2. The predicted molar refractivity (Wildman–Crippen MR) is 129 cm³/mol. The lowest BCUT2D eigenvalue weighted by Gasteiger charge is -2.50. The largest absolute Gasteiger partial charge is 0.543 e. The molecule has 5 rings (SSSR count). The van der Waals surface area contributed by atoms with Crippen LogP contribution in [0.4, 0.5) is 5.13 Å². The monoisotopic (exact) mass is 557 g/mol. The Kier molecular flexibility index (Phi) is 6.97. The van der Waals surface area contributed by atoms with Crippen LogP contribution in [0.5, 0.6) is 0 Å². The number of fused-ring (bicyclic) bond motifs is 1. The van der Waals surface area contributed by atoms with Gasteiger partial charge in [-0.2, -0.15) is 14.6 Å². The second-order valence-electron chi connectivity index (χ2n) is 7.91. The van der Waals surface area contributed by atoms with Crippen molar-refractivity contribution >= 4 is 51.9 Å². The van der Waals surface area contributed by atoms with Crippen molar-refractivity contribution < 1.29 is 28.9 Å². The molecule has 3 aromatic heterocycles. The van der Waals surface area contributed by atoms with Gasteiger partial charge in [-0.3, -0.25) is 14.5 Å². The first-order chi connectivity index (χ1) is 18.4. The molecular weight excluding hydrogens is 538 g/mol. The highest BCUT2D eigenvalue weighted by molar-refractivity contribution is 8.00. The van der Waals surface area contributed by atoms with Gasteiger partial charge in [-0.25, -0.2) is 4.57 Å². The maximum Gasteiger partial charge on any atom is 0.278 e. The topological polar surface area (TPSA) is 221 Å². The second kappa shape index (κ2) is 10.5. The number of β-lactam (4-membered cyclic amide) rings is 1. The van der Waals surface area contributed by atoms with Gasteiger partial charge in [0.1, 0.15) is 18.0 Å². The Hall–Kier alpha value is -4.45. The number of aromatic nitrogens is 7. The van der Waals surface area contributed by atoms with Crippen molar-refractivity contribution in [2.24, 2.45) is 5.16 Å². The number of carboxylic acids is 1. The number of aromatic amines is 1. The Labute approximate surface area is 222 Å². The molecule has 5 heterocycles. The highest BCUT2D eigenvalue weighted by Gasteiger charge is 2.53. The number of rotatable bonds is 9. The average Bonchev–Trinajstić information content (AvgIpc) is 3.60. The van der Waals surface area contributed by atoms with Gasteiger partial charge in [0.25, 0.3) is 11.8 Å². The Morgan fingerprint density at radius 2 is 2.29 bits per heavy atom. The number of carboxylic acid groups (broad SMARTS) is 1. The van der Waals surface area contributed by atoms with Crippen molar-refractivity contribution in [3.05, 3.63) is 41.6 Å². The number of carbonyl (C=O) groups is 3. The molecule has 2 aliphatic rings. The SMILES string of the molecule is CCON=C(C(=O)NC1C(=O)N2C(C(=O)[O-])=C(C[n+]3cccc(-c4nn[nH]n4)c3)CS[C@H]12)c1nsc(N)n1. The number of thioether (sulfide) groups is 1. The number of oxime groups is 1. The van der Waals surface area contributed by atoms with E-state index in [-0.39, 0.29) is 41.3 Å². The summed E-state index contributed by atoms with van der Waals surface area (Å²) >= 11 is 2.19. The van der Waals surface area contributed by atoms with Crippen LogP contribution < -0.4 is 20.7 Å². The van der Waals surface area contributed by atoms with Crippen LogP contribution in [0.3, 0.4) is 0 Å². The fourth-order valence-electron chi connectivity index (χ4n) is 3.90. The van der Waals surface area contributed by atoms with Gasteiger partial charge in [-0.05, 0) is 18.2 Å². The van der Waals surface area contributed by atoms with E-state index in [0.717, 1.165) is 16.4 Å². The number of pyridine rings is 1. The number of nitrogens with two attached hydrogens (primary N) is 1. The minimum atomic E-state index is -1.49. The van der Waals surface area contributed by atoms with E-state index in [4.69, 9.17) is 10.6 Å². The van der Waals surface area contributed by atoms with Crippen LogP contribution in [-0.2, 0) is 25.8 Å². The first-order valence-electron chi connectivity index (χ1n) is 11.1.